The van der Waals surface area contributed by atoms with Gasteiger partial charge in [0.1, 0.15) is 11.6 Å². The summed E-state index contributed by atoms with van der Waals surface area (Å²) in [5.41, 5.74) is -0.505. The summed E-state index contributed by atoms with van der Waals surface area (Å²) >= 11 is 0. The molecule has 0 bridgehead atoms. The van der Waals surface area contributed by atoms with Crippen molar-refractivity contribution in [2.24, 2.45) is 0 Å². The number of rotatable bonds is 6. The van der Waals surface area contributed by atoms with E-state index in [0.717, 1.165) is 0 Å². The number of ether oxygens (including phenoxy) is 1. The van der Waals surface area contributed by atoms with Gasteiger partial charge in [-0.25, -0.2) is 0 Å². The van der Waals surface area contributed by atoms with E-state index in [0.29, 0.717) is 12.8 Å². The number of likely N-dealkylation sites (N-methyl/N-ethyl adjacent to an activating group) is 1. The van der Waals surface area contributed by atoms with E-state index in [1.165, 1.54) is 6.08 Å². The Labute approximate surface area is 97.1 Å². The van der Waals surface area contributed by atoms with Crippen LogP contribution in [0.4, 0.5) is 0 Å². The molecule has 92 valence electrons. The Kier molecular flexibility index (Phi) is 5.96. The molecule has 0 aromatic carbocycles. The molecule has 4 heteroatoms. The molecule has 4 nitrogen and oxygen atoms in total. The van der Waals surface area contributed by atoms with Crippen LogP contribution in [0.3, 0.4) is 0 Å². The lowest BCUT2D eigenvalue weighted by atomic mass is 10.1. The molecule has 0 fully saturated rings. The number of nitrogens with one attached hydrogen (secondary N) is 1. The van der Waals surface area contributed by atoms with Crippen LogP contribution in [0.1, 0.15) is 33.6 Å². The minimum atomic E-state index is -0.505. The number of carbonyl (C=O) groups excluding carboxylic acids is 2. The van der Waals surface area contributed by atoms with Crippen LogP contribution in [0.25, 0.3) is 0 Å². The molecule has 1 N–H and O–H groups in total. The fourth-order valence-electron chi connectivity index (χ4n) is 1.14. The third-order valence-electron chi connectivity index (χ3n) is 1.95. The van der Waals surface area contributed by atoms with Crippen molar-refractivity contribution >= 4 is 11.8 Å². The van der Waals surface area contributed by atoms with E-state index in [1.807, 2.05) is 20.8 Å². The summed E-state index contributed by atoms with van der Waals surface area (Å²) in [5, 5.41) is 2.84. The number of allylic oxidation sites excluding steroid dienone is 1. The predicted octanol–water partition coefficient (Wildman–Crippen LogP) is 1.45. The topological polar surface area (TPSA) is 55.4 Å². The first-order valence-electron chi connectivity index (χ1n) is 5.35. The van der Waals surface area contributed by atoms with Gasteiger partial charge in [0.05, 0.1) is 0 Å². The Hall–Kier alpha value is -1.16. The first-order valence-corrected chi connectivity index (χ1v) is 5.35. The number of carbonyl (C=O) groups is 2. The number of hydrogen-bond donors (Lipinski definition) is 1. The zero-order chi connectivity index (χ0) is 12.8. The van der Waals surface area contributed by atoms with E-state index in [-0.39, 0.29) is 11.8 Å². The smallest absolute Gasteiger partial charge is 0.323 e. The summed E-state index contributed by atoms with van der Waals surface area (Å²) in [5.74, 6) is -0.393. The number of esters is 1. The number of ketones is 1. The van der Waals surface area contributed by atoms with E-state index in [9.17, 15) is 9.59 Å². The van der Waals surface area contributed by atoms with E-state index in [4.69, 9.17) is 4.74 Å². The van der Waals surface area contributed by atoms with Gasteiger partial charge in [0.15, 0.2) is 5.78 Å². The number of hydrogen-bond acceptors (Lipinski definition) is 4. The van der Waals surface area contributed by atoms with Gasteiger partial charge in [-0.2, -0.15) is 0 Å². The summed E-state index contributed by atoms with van der Waals surface area (Å²) in [4.78, 5) is 22.7. The summed E-state index contributed by atoms with van der Waals surface area (Å²) in [6, 6.07) is -0.442. The Balaban J connectivity index is 4.22. The molecule has 0 aromatic rings. The normalized spacial score (nSPS) is 13.0. The molecule has 0 radical (unpaired) electrons. The fraction of sp³-hybridized carbons (Fsp3) is 0.667. The standard InChI is InChI=1S/C12H21NO3/c1-6-9(14)7-8-10(13-5)11(15)16-12(2,3)4/h6,10,13H,1,7-8H2,2-5H3/t10-/m0/s1. The second-order valence-electron chi connectivity index (χ2n) is 4.58. The maximum atomic E-state index is 11.7. The fourth-order valence-corrected chi connectivity index (χ4v) is 1.14. The highest BCUT2D eigenvalue weighted by Gasteiger charge is 2.23. The molecule has 0 aliphatic carbocycles. The van der Waals surface area contributed by atoms with Crippen molar-refractivity contribution in [2.75, 3.05) is 7.05 Å². The van der Waals surface area contributed by atoms with E-state index >= 15 is 0 Å². The van der Waals surface area contributed by atoms with E-state index in [1.54, 1.807) is 7.05 Å². The molecule has 0 heterocycles. The van der Waals surface area contributed by atoms with Crippen molar-refractivity contribution < 1.29 is 14.3 Å². The minimum Gasteiger partial charge on any atom is -0.459 e. The van der Waals surface area contributed by atoms with Gasteiger partial charge >= 0.3 is 5.97 Å². The Morgan fingerprint density at radius 2 is 2.00 bits per heavy atom. The first-order chi connectivity index (χ1) is 7.30. The highest BCUT2D eigenvalue weighted by atomic mass is 16.6. The zero-order valence-electron chi connectivity index (χ0n) is 10.5. The van der Waals surface area contributed by atoms with Crippen molar-refractivity contribution in [1.29, 1.82) is 0 Å². The molecule has 0 saturated carbocycles. The van der Waals surface area contributed by atoms with Crippen molar-refractivity contribution in [2.45, 2.75) is 45.3 Å². The summed E-state index contributed by atoms with van der Waals surface area (Å²) < 4.78 is 5.22. The van der Waals surface area contributed by atoms with Crippen LogP contribution in [-0.2, 0) is 14.3 Å². The predicted molar refractivity (Wildman–Crippen MR) is 63.1 cm³/mol. The van der Waals surface area contributed by atoms with Crippen molar-refractivity contribution in [3.63, 3.8) is 0 Å². The van der Waals surface area contributed by atoms with Crippen LogP contribution >= 0.6 is 0 Å². The average Bonchev–Trinajstić information content (AvgIpc) is 2.15. The molecule has 0 rings (SSSR count). The zero-order valence-corrected chi connectivity index (χ0v) is 10.5. The molecule has 16 heavy (non-hydrogen) atoms. The van der Waals surface area contributed by atoms with Crippen LogP contribution in [0.2, 0.25) is 0 Å². The van der Waals surface area contributed by atoms with Crippen LogP contribution in [0.15, 0.2) is 12.7 Å². The molecule has 0 aliphatic rings. The maximum Gasteiger partial charge on any atom is 0.323 e. The monoisotopic (exact) mass is 227 g/mol. The average molecular weight is 227 g/mol. The molecule has 0 amide bonds. The highest BCUT2D eigenvalue weighted by Crippen LogP contribution is 2.10. The minimum absolute atomic E-state index is 0.0659. The van der Waals surface area contributed by atoms with Gasteiger partial charge in [0.2, 0.25) is 0 Å². The molecule has 0 aliphatic heterocycles. The largest absolute Gasteiger partial charge is 0.459 e. The second-order valence-corrected chi connectivity index (χ2v) is 4.58. The van der Waals surface area contributed by atoms with Crippen molar-refractivity contribution in [3.05, 3.63) is 12.7 Å². The summed E-state index contributed by atoms with van der Waals surface area (Å²) in [7, 11) is 1.67. The van der Waals surface area contributed by atoms with Gasteiger partial charge < -0.3 is 10.1 Å². The molecule has 1 atom stereocenters. The van der Waals surface area contributed by atoms with E-state index < -0.39 is 11.6 Å². The van der Waals surface area contributed by atoms with E-state index in [2.05, 4.69) is 11.9 Å². The van der Waals surface area contributed by atoms with Crippen LogP contribution in [0, 0.1) is 0 Å². The molecule has 0 unspecified atom stereocenters. The lowest BCUT2D eigenvalue weighted by Crippen LogP contribution is -2.39. The first kappa shape index (κ1) is 14.8. The molecular weight excluding hydrogens is 206 g/mol. The van der Waals surface area contributed by atoms with Gasteiger partial charge in [0.25, 0.3) is 0 Å². The quantitative estimate of drug-likeness (QED) is 0.551. The Bertz CT molecular complexity index is 266. The van der Waals surface area contributed by atoms with Gasteiger partial charge in [-0.15, -0.1) is 0 Å². The van der Waals surface area contributed by atoms with Crippen molar-refractivity contribution in [1.82, 2.24) is 5.32 Å². The Morgan fingerprint density at radius 3 is 2.38 bits per heavy atom. The Morgan fingerprint density at radius 1 is 1.44 bits per heavy atom. The molecule has 0 aromatic heterocycles. The maximum absolute atomic E-state index is 11.7. The van der Waals surface area contributed by atoms with Crippen molar-refractivity contribution in [3.8, 4) is 0 Å². The second kappa shape index (κ2) is 6.43. The third kappa shape index (κ3) is 6.35. The molecular formula is C12H21NO3. The summed E-state index contributed by atoms with van der Waals surface area (Å²) in [6.45, 7) is 8.82. The third-order valence-corrected chi connectivity index (χ3v) is 1.95. The highest BCUT2D eigenvalue weighted by molar-refractivity contribution is 5.89. The lowest BCUT2D eigenvalue weighted by Gasteiger charge is -2.23. The molecule has 0 spiro atoms. The van der Waals surface area contributed by atoms with Crippen LogP contribution < -0.4 is 5.32 Å². The van der Waals surface area contributed by atoms with Gasteiger partial charge in [-0.3, -0.25) is 9.59 Å². The van der Waals surface area contributed by atoms with Gasteiger partial charge in [-0.1, -0.05) is 6.58 Å². The molecule has 0 saturated heterocycles. The lowest BCUT2D eigenvalue weighted by molar-refractivity contribution is -0.157. The summed E-state index contributed by atoms with van der Waals surface area (Å²) in [6.07, 6.45) is 1.99. The van der Waals surface area contributed by atoms with Crippen LogP contribution in [-0.4, -0.2) is 30.4 Å². The SMILES string of the molecule is C=CC(=O)CC[C@H](NC)C(=O)OC(C)(C)C. The van der Waals surface area contributed by atoms with Crippen LogP contribution in [0.5, 0.6) is 0 Å². The van der Waals surface area contributed by atoms with Gasteiger partial charge in [0, 0.05) is 6.42 Å². The van der Waals surface area contributed by atoms with Gasteiger partial charge in [-0.05, 0) is 40.3 Å².